The molecule has 0 aliphatic carbocycles. The SMILES string of the molecule is CC(C)Oc1ccccc1Nc1nncc(Nc2ccc(F)c(F)c2)n1. The van der Waals surface area contributed by atoms with E-state index in [1.165, 1.54) is 12.3 Å². The monoisotopic (exact) mass is 357 g/mol. The predicted octanol–water partition coefficient (Wildman–Crippen LogP) is 4.42. The Balaban J connectivity index is 1.78. The standard InChI is InChI=1S/C18H17F2N5O/c1-11(2)26-16-6-4-3-5-15(16)23-18-24-17(10-21-25-18)22-12-7-8-13(19)14(20)9-12/h3-11H,1-2H3,(H2,22,23,24,25). The predicted molar refractivity (Wildman–Crippen MR) is 95.0 cm³/mol. The quantitative estimate of drug-likeness (QED) is 0.680. The Morgan fingerprint density at radius 1 is 1.00 bits per heavy atom. The average Bonchev–Trinajstić information content (AvgIpc) is 2.60. The third-order valence-corrected chi connectivity index (χ3v) is 3.25. The molecule has 3 rings (SSSR count). The van der Waals surface area contributed by atoms with Gasteiger partial charge in [-0.25, -0.2) is 8.78 Å². The number of nitrogens with zero attached hydrogens (tertiary/aromatic N) is 3. The van der Waals surface area contributed by atoms with E-state index >= 15 is 0 Å². The number of hydrogen-bond acceptors (Lipinski definition) is 6. The van der Waals surface area contributed by atoms with Gasteiger partial charge in [-0.1, -0.05) is 12.1 Å². The highest BCUT2D eigenvalue weighted by molar-refractivity contribution is 5.63. The number of aromatic nitrogens is 3. The van der Waals surface area contributed by atoms with Crippen LogP contribution in [-0.4, -0.2) is 21.3 Å². The van der Waals surface area contributed by atoms with Crippen molar-refractivity contribution in [1.82, 2.24) is 15.2 Å². The minimum absolute atomic E-state index is 0.0124. The number of halogens is 2. The molecule has 8 heteroatoms. The van der Waals surface area contributed by atoms with Crippen LogP contribution in [0.5, 0.6) is 5.75 Å². The molecule has 3 aromatic rings. The van der Waals surface area contributed by atoms with E-state index in [1.807, 2.05) is 38.1 Å². The molecule has 0 aliphatic heterocycles. The summed E-state index contributed by atoms with van der Waals surface area (Å²) in [6.07, 6.45) is 1.39. The second kappa shape index (κ2) is 7.73. The zero-order chi connectivity index (χ0) is 18.5. The molecule has 0 saturated carbocycles. The first-order valence-electron chi connectivity index (χ1n) is 7.96. The Labute approximate surface area is 149 Å². The van der Waals surface area contributed by atoms with E-state index in [9.17, 15) is 8.78 Å². The van der Waals surface area contributed by atoms with Gasteiger partial charge in [-0.2, -0.15) is 10.1 Å². The van der Waals surface area contributed by atoms with Crippen LogP contribution in [0.2, 0.25) is 0 Å². The molecule has 0 amide bonds. The van der Waals surface area contributed by atoms with Gasteiger partial charge >= 0.3 is 0 Å². The van der Waals surface area contributed by atoms with Crippen molar-refractivity contribution in [2.24, 2.45) is 0 Å². The third kappa shape index (κ3) is 4.41. The second-order valence-corrected chi connectivity index (χ2v) is 5.71. The Morgan fingerprint density at radius 3 is 2.58 bits per heavy atom. The second-order valence-electron chi connectivity index (χ2n) is 5.71. The van der Waals surface area contributed by atoms with Crippen molar-refractivity contribution in [1.29, 1.82) is 0 Å². The summed E-state index contributed by atoms with van der Waals surface area (Å²) in [5.41, 5.74) is 1.03. The van der Waals surface area contributed by atoms with E-state index < -0.39 is 11.6 Å². The van der Waals surface area contributed by atoms with Gasteiger partial charge < -0.3 is 15.4 Å². The fourth-order valence-corrected chi connectivity index (χ4v) is 2.19. The van der Waals surface area contributed by atoms with E-state index in [0.717, 1.165) is 12.1 Å². The molecule has 2 aromatic carbocycles. The Hall–Kier alpha value is -3.29. The van der Waals surface area contributed by atoms with Crippen molar-refractivity contribution in [2.75, 3.05) is 10.6 Å². The Morgan fingerprint density at radius 2 is 1.81 bits per heavy atom. The highest BCUT2D eigenvalue weighted by Gasteiger charge is 2.09. The highest BCUT2D eigenvalue weighted by Crippen LogP contribution is 2.27. The molecule has 6 nitrogen and oxygen atoms in total. The van der Waals surface area contributed by atoms with Crippen molar-refractivity contribution in [3.63, 3.8) is 0 Å². The van der Waals surface area contributed by atoms with Crippen LogP contribution < -0.4 is 15.4 Å². The first-order chi connectivity index (χ1) is 12.5. The Bertz CT molecular complexity index is 904. The summed E-state index contributed by atoms with van der Waals surface area (Å²) in [7, 11) is 0. The largest absolute Gasteiger partial charge is 0.489 e. The summed E-state index contributed by atoms with van der Waals surface area (Å²) in [5, 5.41) is 13.7. The van der Waals surface area contributed by atoms with Gasteiger partial charge in [0, 0.05) is 11.8 Å². The third-order valence-electron chi connectivity index (χ3n) is 3.25. The van der Waals surface area contributed by atoms with E-state index in [1.54, 1.807) is 0 Å². The lowest BCUT2D eigenvalue weighted by Crippen LogP contribution is -2.08. The smallest absolute Gasteiger partial charge is 0.249 e. The molecule has 0 bridgehead atoms. The maximum absolute atomic E-state index is 13.3. The molecule has 0 fully saturated rings. The van der Waals surface area contributed by atoms with Crippen LogP contribution in [0, 0.1) is 11.6 Å². The van der Waals surface area contributed by atoms with Gasteiger partial charge in [-0.15, -0.1) is 5.10 Å². The molecule has 0 unspecified atom stereocenters. The molecular weight excluding hydrogens is 340 g/mol. The van der Waals surface area contributed by atoms with E-state index in [0.29, 0.717) is 22.9 Å². The Kier molecular flexibility index (Phi) is 5.21. The number of anilines is 4. The summed E-state index contributed by atoms with van der Waals surface area (Å²) in [4.78, 5) is 4.27. The van der Waals surface area contributed by atoms with Gasteiger partial charge in [-0.3, -0.25) is 0 Å². The molecule has 0 radical (unpaired) electrons. The lowest BCUT2D eigenvalue weighted by molar-refractivity contribution is 0.244. The molecule has 1 heterocycles. The average molecular weight is 357 g/mol. The van der Waals surface area contributed by atoms with Crippen LogP contribution in [-0.2, 0) is 0 Å². The summed E-state index contributed by atoms with van der Waals surface area (Å²) < 4.78 is 32.1. The zero-order valence-electron chi connectivity index (χ0n) is 14.2. The van der Waals surface area contributed by atoms with Crippen molar-refractivity contribution in [3.05, 3.63) is 60.3 Å². The van der Waals surface area contributed by atoms with Crippen LogP contribution in [0.15, 0.2) is 48.7 Å². The highest BCUT2D eigenvalue weighted by atomic mass is 19.2. The molecule has 1 aromatic heterocycles. The van der Waals surface area contributed by atoms with Crippen molar-refractivity contribution in [3.8, 4) is 5.75 Å². The van der Waals surface area contributed by atoms with Gasteiger partial charge in [0.1, 0.15) is 5.75 Å². The number of ether oxygens (including phenoxy) is 1. The number of rotatable bonds is 6. The van der Waals surface area contributed by atoms with Crippen LogP contribution in [0.4, 0.5) is 31.9 Å². The fourth-order valence-electron chi connectivity index (χ4n) is 2.19. The normalized spacial score (nSPS) is 10.7. The summed E-state index contributed by atoms with van der Waals surface area (Å²) in [5.74, 6) is -0.645. The van der Waals surface area contributed by atoms with E-state index in [-0.39, 0.29) is 12.1 Å². The van der Waals surface area contributed by atoms with Gasteiger partial charge in [0.25, 0.3) is 0 Å². The number of benzene rings is 2. The zero-order valence-corrected chi connectivity index (χ0v) is 14.2. The molecule has 0 saturated heterocycles. The first kappa shape index (κ1) is 17.5. The van der Waals surface area contributed by atoms with Gasteiger partial charge in [0.15, 0.2) is 17.5 Å². The lowest BCUT2D eigenvalue weighted by atomic mass is 10.3. The van der Waals surface area contributed by atoms with Crippen LogP contribution >= 0.6 is 0 Å². The minimum Gasteiger partial charge on any atom is -0.489 e. The summed E-state index contributed by atoms with van der Waals surface area (Å²) in [6.45, 7) is 3.86. The minimum atomic E-state index is -0.949. The van der Waals surface area contributed by atoms with Gasteiger partial charge in [0.2, 0.25) is 5.95 Å². The van der Waals surface area contributed by atoms with Crippen molar-refractivity contribution < 1.29 is 13.5 Å². The molecule has 0 spiro atoms. The van der Waals surface area contributed by atoms with Crippen LogP contribution in [0.1, 0.15) is 13.8 Å². The lowest BCUT2D eigenvalue weighted by Gasteiger charge is -2.14. The number of hydrogen-bond donors (Lipinski definition) is 2. The van der Waals surface area contributed by atoms with Crippen molar-refractivity contribution >= 4 is 23.1 Å². The maximum atomic E-state index is 13.3. The van der Waals surface area contributed by atoms with Crippen LogP contribution in [0.3, 0.4) is 0 Å². The summed E-state index contributed by atoms with van der Waals surface area (Å²) >= 11 is 0. The molecule has 134 valence electrons. The van der Waals surface area contributed by atoms with Gasteiger partial charge in [0.05, 0.1) is 18.0 Å². The van der Waals surface area contributed by atoms with Crippen molar-refractivity contribution in [2.45, 2.75) is 20.0 Å². The van der Waals surface area contributed by atoms with E-state index in [2.05, 4.69) is 25.8 Å². The molecule has 0 aliphatic rings. The fraction of sp³-hybridized carbons (Fsp3) is 0.167. The maximum Gasteiger partial charge on any atom is 0.249 e. The number of nitrogens with one attached hydrogen (secondary N) is 2. The molecular formula is C18H17F2N5O. The number of para-hydroxylation sites is 2. The topological polar surface area (TPSA) is 72.0 Å². The van der Waals surface area contributed by atoms with E-state index in [4.69, 9.17) is 4.74 Å². The summed E-state index contributed by atoms with van der Waals surface area (Å²) in [6, 6.07) is 10.9. The molecule has 0 atom stereocenters. The molecule has 26 heavy (non-hydrogen) atoms. The molecule has 2 N–H and O–H groups in total. The van der Waals surface area contributed by atoms with Gasteiger partial charge in [-0.05, 0) is 38.1 Å². The first-order valence-corrected chi connectivity index (χ1v) is 7.96. The van der Waals surface area contributed by atoms with Crippen LogP contribution in [0.25, 0.3) is 0 Å².